The zero-order valence-corrected chi connectivity index (χ0v) is 18.4. The summed E-state index contributed by atoms with van der Waals surface area (Å²) >= 11 is 0. The minimum atomic E-state index is -3.68. The summed E-state index contributed by atoms with van der Waals surface area (Å²) in [6.07, 6.45) is 5.33. The summed E-state index contributed by atoms with van der Waals surface area (Å²) in [5, 5.41) is 4.61. The van der Waals surface area contributed by atoms with Crippen molar-refractivity contribution in [2.45, 2.75) is 69.9 Å². The second-order valence-corrected chi connectivity index (χ2v) is 9.84. The molecule has 0 bridgehead atoms. The van der Waals surface area contributed by atoms with Crippen LogP contribution >= 0.6 is 0 Å². The van der Waals surface area contributed by atoms with Gasteiger partial charge in [-0.25, -0.2) is 17.8 Å². The molecule has 0 spiro atoms. The number of aryl methyl sites for hydroxylation is 2. The molecular formula is C22H29N3O4S. The van der Waals surface area contributed by atoms with Crippen LogP contribution in [0.15, 0.2) is 27.9 Å². The first-order valence-electron chi connectivity index (χ1n) is 10.8. The summed E-state index contributed by atoms with van der Waals surface area (Å²) in [4.78, 5) is 13.0. The number of fused-ring (bicyclic) bond motifs is 1. The van der Waals surface area contributed by atoms with Gasteiger partial charge in [0.15, 0.2) is 0 Å². The molecule has 1 fully saturated rings. The molecule has 2 heterocycles. The molecule has 1 unspecified atom stereocenters. The van der Waals surface area contributed by atoms with E-state index in [1.165, 1.54) is 4.68 Å². The Kier molecular flexibility index (Phi) is 6.09. The van der Waals surface area contributed by atoms with Gasteiger partial charge in [0.05, 0.1) is 16.7 Å². The molecule has 7 nitrogen and oxygen atoms in total. The number of hydrogen-bond donors (Lipinski definition) is 1. The summed E-state index contributed by atoms with van der Waals surface area (Å²) in [7, 11) is -3.68. The molecule has 0 amide bonds. The van der Waals surface area contributed by atoms with Gasteiger partial charge in [0.2, 0.25) is 10.0 Å². The molecule has 4 rings (SSSR count). The highest BCUT2D eigenvalue weighted by molar-refractivity contribution is 7.89. The van der Waals surface area contributed by atoms with Gasteiger partial charge in [-0.15, -0.1) is 0 Å². The summed E-state index contributed by atoms with van der Waals surface area (Å²) < 4.78 is 35.8. The lowest BCUT2D eigenvalue weighted by atomic mass is 9.89. The van der Waals surface area contributed by atoms with Crippen LogP contribution in [0, 0.1) is 6.92 Å². The molecule has 1 aromatic heterocycles. The maximum atomic E-state index is 13.0. The van der Waals surface area contributed by atoms with Crippen LogP contribution in [-0.2, 0) is 34.1 Å². The van der Waals surface area contributed by atoms with Gasteiger partial charge in [-0.1, -0.05) is 12.1 Å². The predicted octanol–water partition coefficient (Wildman–Crippen LogP) is 2.57. The third-order valence-electron chi connectivity index (χ3n) is 6.04. The van der Waals surface area contributed by atoms with Crippen LogP contribution in [0.4, 0.5) is 0 Å². The third-order valence-corrected chi connectivity index (χ3v) is 7.61. The maximum Gasteiger partial charge on any atom is 0.270 e. The van der Waals surface area contributed by atoms with Gasteiger partial charge >= 0.3 is 0 Å². The van der Waals surface area contributed by atoms with Crippen molar-refractivity contribution in [3.8, 4) is 11.3 Å². The first-order valence-corrected chi connectivity index (χ1v) is 12.2. The first kappa shape index (κ1) is 21.2. The summed E-state index contributed by atoms with van der Waals surface area (Å²) in [6, 6.07) is 5.40. The minimum absolute atomic E-state index is 0.0193. The molecular weight excluding hydrogens is 402 g/mol. The highest BCUT2D eigenvalue weighted by atomic mass is 32.2. The molecule has 8 heteroatoms. The topological polar surface area (TPSA) is 90.3 Å². The lowest BCUT2D eigenvalue weighted by Crippen LogP contribution is -2.32. The summed E-state index contributed by atoms with van der Waals surface area (Å²) in [5.74, 6) is 0. The smallest absolute Gasteiger partial charge is 0.270 e. The second-order valence-electron chi connectivity index (χ2n) is 8.10. The van der Waals surface area contributed by atoms with Crippen LogP contribution in [0.2, 0.25) is 0 Å². The van der Waals surface area contributed by atoms with Gasteiger partial charge in [-0.05, 0) is 69.6 Å². The lowest BCUT2D eigenvalue weighted by molar-refractivity contribution is 0.114. The Morgan fingerprint density at radius 1 is 1.20 bits per heavy atom. The van der Waals surface area contributed by atoms with Gasteiger partial charge < -0.3 is 4.74 Å². The second kappa shape index (κ2) is 8.61. The van der Waals surface area contributed by atoms with Gasteiger partial charge in [0.1, 0.15) is 0 Å². The number of ether oxygens (including phenoxy) is 1. The fourth-order valence-electron chi connectivity index (χ4n) is 4.35. The van der Waals surface area contributed by atoms with E-state index in [1.807, 2.05) is 19.1 Å². The molecule has 1 atom stereocenters. The van der Waals surface area contributed by atoms with Crippen molar-refractivity contribution in [1.82, 2.24) is 14.5 Å². The fourth-order valence-corrected chi connectivity index (χ4v) is 5.69. The van der Waals surface area contributed by atoms with Gasteiger partial charge in [0.25, 0.3) is 5.56 Å². The number of aromatic nitrogens is 2. The van der Waals surface area contributed by atoms with E-state index < -0.39 is 10.0 Å². The highest BCUT2D eigenvalue weighted by Crippen LogP contribution is 2.30. The summed E-state index contributed by atoms with van der Waals surface area (Å²) in [6.45, 7) is 5.14. The van der Waals surface area contributed by atoms with Crippen LogP contribution in [0.5, 0.6) is 0 Å². The van der Waals surface area contributed by atoms with Crippen molar-refractivity contribution < 1.29 is 13.2 Å². The maximum absolute atomic E-state index is 13.0. The van der Waals surface area contributed by atoms with E-state index in [1.54, 1.807) is 13.0 Å². The average Bonchev–Trinajstić information content (AvgIpc) is 3.27. The Labute approximate surface area is 177 Å². The molecule has 1 aliphatic heterocycles. The normalized spacial score (nSPS) is 19.1. The van der Waals surface area contributed by atoms with Crippen molar-refractivity contribution >= 4 is 10.0 Å². The van der Waals surface area contributed by atoms with Crippen molar-refractivity contribution in [2.75, 3.05) is 13.2 Å². The van der Waals surface area contributed by atoms with Crippen molar-refractivity contribution in [2.24, 2.45) is 0 Å². The lowest BCUT2D eigenvalue weighted by Gasteiger charge is -2.20. The molecule has 0 saturated carbocycles. The number of sulfonamides is 1. The molecule has 1 saturated heterocycles. The fraction of sp³-hybridized carbons (Fsp3) is 0.545. The number of nitrogens with zero attached hydrogens (tertiary/aromatic N) is 2. The number of nitrogens with one attached hydrogen (secondary N) is 1. The van der Waals surface area contributed by atoms with Gasteiger partial charge in [0, 0.05) is 30.8 Å². The largest absolute Gasteiger partial charge is 0.377 e. The van der Waals surface area contributed by atoms with E-state index in [0.717, 1.165) is 60.9 Å². The monoisotopic (exact) mass is 431 g/mol. The van der Waals surface area contributed by atoms with Crippen LogP contribution in [0.1, 0.15) is 49.3 Å². The predicted molar refractivity (Wildman–Crippen MR) is 115 cm³/mol. The minimum Gasteiger partial charge on any atom is -0.377 e. The SMILES string of the molecule is CCn1nc(-c2ccc(C)c(S(=O)(=O)NCC3CCCO3)c2)c2c(c1=O)CCCC2. The van der Waals surface area contributed by atoms with Crippen molar-refractivity contribution in [1.29, 1.82) is 0 Å². The molecule has 0 radical (unpaired) electrons. The Hall–Kier alpha value is -2.03. The van der Waals surface area contributed by atoms with E-state index in [-0.39, 0.29) is 23.1 Å². The number of hydrogen-bond acceptors (Lipinski definition) is 5. The molecule has 1 aromatic carbocycles. The van der Waals surface area contributed by atoms with Crippen LogP contribution in [-0.4, -0.2) is 37.5 Å². The Morgan fingerprint density at radius 3 is 2.67 bits per heavy atom. The van der Waals surface area contributed by atoms with Crippen LogP contribution in [0.3, 0.4) is 0 Å². The summed E-state index contributed by atoms with van der Waals surface area (Å²) in [5.41, 5.74) is 3.91. The standard InChI is InChI=1S/C22H29N3O4S/c1-3-25-22(26)19-9-5-4-8-18(19)21(24-25)16-11-10-15(2)20(13-16)30(27,28)23-14-17-7-6-12-29-17/h10-11,13,17,23H,3-9,12,14H2,1-2H3. The van der Waals surface area contributed by atoms with Crippen LogP contribution in [0.25, 0.3) is 11.3 Å². The third kappa shape index (κ3) is 4.08. The average molecular weight is 432 g/mol. The Bertz CT molecular complexity index is 1100. The van der Waals surface area contributed by atoms with Gasteiger partial charge in [-0.2, -0.15) is 5.10 Å². The van der Waals surface area contributed by atoms with Crippen LogP contribution < -0.4 is 10.3 Å². The van der Waals surface area contributed by atoms with E-state index >= 15 is 0 Å². The molecule has 162 valence electrons. The first-order chi connectivity index (χ1) is 14.4. The van der Waals surface area contributed by atoms with E-state index in [4.69, 9.17) is 4.74 Å². The van der Waals surface area contributed by atoms with Crippen molar-refractivity contribution in [3.05, 3.63) is 45.2 Å². The molecule has 2 aromatic rings. The number of benzene rings is 1. The Balaban J connectivity index is 1.74. The van der Waals surface area contributed by atoms with Gasteiger partial charge in [-0.3, -0.25) is 4.79 Å². The molecule has 1 aliphatic carbocycles. The van der Waals surface area contributed by atoms with E-state index in [0.29, 0.717) is 18.7 Å². The zero-order chi connectivity index (χ0) is 21.3. The highest BCUT2D eigenvalue weighted by Gasteiger charge is 2.25. The Morgan fingerprint density at radius 2 is 1.97 bits per heavy atom. The molecule has 30 heavy (non-hydrogen) atoms. The number of rotatable bonds is 6. The van der Waals surface area contributed by atoms with E-state index in [9.17, 15) is 13.2 Å². The molecule has 2 aliphatic rings. The van der Waals surface area contributed by atoms with E-state index in [2.05, 4.69) is 9.82 Å². The molecule has 1 N–H and O–H groups in total. The zero-order valence-electron chi connectivity index (χ0n) is 17.6. The quantitative estimate of drug-likeness (QED) is 0.759. The van der Waals surface area contributed by atoms with Crippen molar-refractivity contribution in [3.63, 3.8) is 0 Å².